The Bertz CT molecular complexity index is 636. The third-order valence-corrected chi connectivity index (χ3v) is 3.20. The van der Waals surface area contributed by atoms with Gasteiger partial charge in [0.1, 0.15) is 18.0 Å². The largest absolute Gasteiger partial charge is 0.394 e. The predicted octanol–water partition coefficient (Wildman–Crippen LogP) is 0.348. The maximum Gasteiger partial charge on any atom is 0.222 e. The van der Waals surface area contributed by atoms with Crippen molar-refractivity contribution in [3.63, 3.8) is 0 Å². The molecule has 2 aromatic rings. The maximum atomic E-state index is 10.1. The summed E-state index contributed by atoms with van der Waals surface area (Å²) < 4.78 is 0. The zero-order valence-corrected chi connectivity index (χ0v) is 11.7. The predicted molar refractivity (Wildman–Crippen MR) is 79.4 cm³/mol. The van der Waals surface area contributed by atoms with Crippen molar-refractivity contribution in [1.29, 1.82) is 0 Å². The molecule has 0 radical (unpaired) electrons. The van der Waals surface area contributed by atoms with Gasteiger partial charge in [-0.05, 0) is 17.7 Å². The first-order chi connectivity index (χ1) is 9.93. The molecule has 0 saturated heterocycles. The number of anilines is 2. The Morgan fingerprint density at radius 2 is 1.71 bits per heavy atom. The van der Waals surface area contributed by atoms with Crippen LogP contribution in [-0.4, -0.2) is 38.0 Å². The summed E-state index contributed by atoms with van der Waals surface area (Å²) in [6, 6.07) is 6.64. The number of rotatable bonds is 4. The van der Waals surface area contributed by atoms with Gasteiger partial charge in [-0.15, -0.1) is 0 Å². The van der Waals surface area contributed by atoms with E-state index >= 15 is 0 Å². The third kappa shape index (κ3) is 3.22. The molecule has 1 heterocycles. The van der Waals surface area contributed by atoms with Crippen LogP contribution in [0.15, 0.2) is 24.3 Å². The molecular weight excluding hydrogens is 296 g/mol. The second kappa shape index (κ2) is 6.23. The Kier molecular flexibility index (Phi) is 4.59. The van der Waals surface area contributed by atoms with Crippen LogP contribution < -0.4 is 11.5 Å². The molecule has 0 spiro atoms. The van der Waals surface area contributed by atoms with Crippen molar-refractivity contribution in [2.45, 2.75) is 12.2 Å². The average Bonchev–Trinajstić information content (AvgIpc) is 2.46. The van der Waals surface area contributed by atoms with Gasteiger partial charge in [-0.1, -0.05) is 23.7 Å². The van der Waals surface area contributed by atoms with Gasteiger partial charge in [-0.2, -0.15) is 4.98 Å². The Morgan fingerprint density at radius 1 is 1.10 bits per heavy atom. The molecule has 0 saturated carbocycles. The molecule has 2 atom stereocenters. The molecule has 2 rings (SSSR count). The summed E-state index contributed by atoms with van der Waals surface area (Å²) in [6.45, 7) is -0.634. The minimum Gasteiger partial charge on any atom is -0.394 e. The molecule has 1 aromatic carbocycles. The number of aliphatic hydroxyl groups is 3. The van der Waals surface area contributed by atoms with Crippen LogP contribution in [0.25, 0.3) is 11.1 Å². The number of aliphatic hydroxyl groups excluding tert-OH is 3. The summed E-state index contributed by atoms with van der Waals surface area (Å²) in [5.74, 6) is -0.0755. The highest BCUT2D eigenvalue weighted by atomic mass is 35.5. The van der Waals surface area contributed by atoms with Crippen molar-refractivity contribution in [3.05, 3.63) is 35.0 Å². The minimum atomic E-state index is -1.45. The van der Waals surface area contributed by atoms with E-state index in [0.29, 0.717) is 16.1 Å². The quantitative estimate of drug-likeness (QED) is 0.549. The Balaban J connectivity index is 2.61. The standard InChI is InChI=1S/C13H15ClN4O3/c14-7-3-1-6(2-4-7)9-10(11(21)8(20)5-19)17-13(16)18-12(9)15/h1-4,8,11,19-21H,5H2,(H4,15,16,17,18)/t8-,11-/m1/s1. The normalized spacial score (nSPS) is 13.9. The summed E-state index contributed by atoms with van der Waals surface area (Å²) in [5.41, 5.74) is 12.4. The van der Waals surface area contributed by atoms with E-state index in [1.165, 1.54) is 0 Å². The Hall–Kier alpha value is -1.93. The van der Waals surface area contributed by atoms with Crippen molar-refractivity contribution in [2.24, 2.45) is 0 Å². The minimum absolute atomic E-state index is 0.0453. The summed E-state index contributed by atoms with van der Waals surface area (Å²) in [4.78, 5) is 7.79. The summed E-state index contributed by atoms with van der Waals surface area (Å²) in [7, 11) is 0. The van der Waals surface area contributed by atoms with E-state index in [4.69, 9.17) is 28.2 Å². The van der Waals surface area contributed by atoms with Gasteiger partial charge >= 0.3 is 0 Å². The van der Waals surface area contributed by atoms with E-state index < -0.39 is 18.8 Å². The number of halogens is 1. The zero-order chi connectivity index (χ0) is 15.6. The molecular formula is C13H15ClN4O3. The second-order valence-electron chi connectivity index (χ2n) is 4.43. The lowest BCUT2D eigenvalue weighted by atomic mass is 9.99. The molecule has 0 amide bonds. The molecule has 8 heteroatoms. The van der Waals surface area contributed by atoms with Gasteiger partial charge in [0.05, 0.1) is 12.3 Å². The van der Waals surface area contributed by atoms with Crippen molar-refractivity contribution in [2.75, 3.05) is 18.1 Å². The smallest absolute Gasteiger partial charge is 0.222 e. The molecule has 7 N–H and O–H groups in total. The van der Waals surface area contributed by atoms with Crippen LogP contribution >= 0.6 is 11.6 Å². The lowest BCUT2D eigenvalue weighted by molar-refractivity contribution is -0.0169. The first-order valence-electron chi connectivity index (χ1n) is 6.10. The third-order valence-electron chi connectivity index (χ3n) is 2.95. The topological polar surface area (TPSA) is 139 Å². The van der Waals surface area contributed by atoms with Gasteiger partial charge in [0.2, 0.25) is 5.95 Å². The van der Waals surface area contributed by atoms with Crippen molar-refractivity contribution >= 4 is 23.4 Å². The second-order valence-corrected chi connectivity index (χ2v) is 4.87. The zero-order valence-electron chi connectivity index (χ0n) is 10.9. The fourth-order valence-electron chi connectivity index (χ4n) is 1.92. The molecule has 0 aliphatic heterocycles. The number of aromatic nitrogens is 2. The summed E-state index contributed by atoms with van der Waals surface area (Å²) in [6.07, 6.45) is -2.86. The van der Waals surface area contributed by atoms with Crippen molar-refractivity contribution < 1.29 is 15.3 Å². The molecule has 112 valence electrons. The molecule has 21 heavy (non-hydrogen) atoms. The fraction of sp³-hybridized carbons (Fsp3) is 0.231. The number of nitrogen functional groups attached to an aromatic ring is 2. The van der Waals surface area contributed by atoms with Crippen molar-refractivity contribution in [1.82, 2.24) is 9.97 Å². The first kappa shape index (κ1) is 15.5. The molecule has 0 unspecified atom stereocenters. The number of hydrogen-bond acceptors (Lipinski definition) is 7. The van der Waals surface area contributed by atoms with Crippen LogP contribution in [-0.2, 0) is 0 Å². The first-order valence-corrected chi connectivity index (χ1v) is 6.47. The van der Waals surface area contributed by atoms with E-state index in [9.17, 15) is 10.2 Å². The molecule has 0 bridgehead atoms. The number of hydrogen-bond donors (Lipinski definition) is 5. The molecule has 7 nitrogen and oxygen atoms in total. The molecule has 0 aliphatic carbocycles. The van der Waals surface area contributed by atoms with Gasteiger partial charge in [0, 0.05) is 10.6 Å². The van der Waals surface area contributed by atoms with Crippen LogP contribution in [0.1, 0.15) is 11.8 Å². The van der Waals surface area contributed by atoms with E-state index in [2.05, 4.69) is 9.97 Å². The van der Waals surface area contributed by atoms with Gasteiger partial charge in [-0.3, -0.25) is 0 Å². The SMILES string of the molecule is Nc1nc(N)c(-c2ccc(Cl)cc2)c([C@H](O)[C@H](O)CO)n1. The summed E-state index contributed by atoms with van der Waals surface area (Å²) >= 11 is 5.83. The van der Waals surface area contributed by atoms with Gasteiger partial charge in [0.25, 0.3) is 0 Å². The van der Waals surface area contributed by atoms with Gasteiger partial charge in [0.15, 0.2) is 0 Å². The van der Waals surface area contributed by atoms with Gasteiger partial charge in [-0.25, -0.2) is 4.98 Å². The number of nitrogens with zero attached hydrogens (tertiary/aromatic N) is 2. The highest BCUT2D eigenvalue weighted by molar-refractivity contribution is 6.30. The number of benzene rings is 1. The molecule has 1 aromatic heterocycles. The van der Waals surface area contributed by atoms with Crippen LogP contribution in [0, 0.1) is 0 Å². The maximum absolute atomic E-state index is 10.1. The van der Waals surface area contributed by atoms with Crippen LogP contribution in [0.3, 0.4) is 0 Å². The number of nitrogens with two attached hydrogens (primary N) is 2. The summed E-state index contributed by atoms with van der Waals surface area (Å²) in [5, 5.41) is 29.2. The Morgan fingerprint density at radius 3 is 2.29 bits per heavy atom. The van der Waals surface area contributed by atoms with E-state index in [-0.39, 0.29) is 17.5 Å². The molecule has 0 aliphatic rings. The van der Waals surface area contributed by atoms with Crippen molar-refractivity contribution in [3.8, 4) is 11.1 Å². The highest BCUT2D eigenvalue weighted by Crippen LogP contribution is 2.33. The monoisotopic (exact) mass is 310 g/mol. The van der Waals surface area contributed by atoms with E-state index in [1.807, 2.05) is 0 Å². The lowest BCUT2D eigenvalue weighted by Gasteiger charge is -2.19. The molecule has 0 fully saturated rings. The lowest BCUT2D eigenvalue weighted by Crippen LogP contribution is -2.24. The van der Waals surface area contributed by atoms with Gasteiger partial charge < -0.3 is 26.8 Å². The highest BCUT2D eigenvalue weighted by Gasteiger charge is 2.25. The fourth-order valence-corrected chi connectivity index (χ4v) is 2.05. The van der Waals surface area contributed by atoms with Crippen LogP contribution in [0.2, 0.25) is 5.02 Å². The van der Waals surface area contributed by atoms with E-state index in [1.54, 1.807) is 24.3 Å². The Labute approximate surface area is 125 Å². The van der Waals surface area contributed by atoms with Crippen LogP contribution in [0.5, 0.6) is 0 Å². The van der Waals surface area contributed by atoms with E-state index in [0.717, 1.165) is 0 Å². The average molecular weight is 311 g/mol. The van der Waals surface area contributed by atoms with Crippen LogP contribution in [0.4, 0.5) is 11.8 Å².